The van der Waals surface area contributed by atoms with Crippen molar-refractivity contribution in [1.29, 1.82) is 0 Å². The van der Waals surface area contributed by atoms with E-state index in [1.807, 2.05) is 0 Å². The molecule has 1 unspecified atom stereocenters. The van der Waals surface area contributed by atoms with Gasteiger partial charge < -0.3 is 10.6 Å². The second-order valence-electron chi connectivity index (χ2n) is 7.71. The van der Waals surface area contributed by atoms with Gasteiger partial charge in [-0.25, -0.2) is 9.38 Å². The fourth-order valence-electron chi connectivity index (χ4n) is 4.10. The molecule has 9 heteroatoms. The van der Waals surface area contributed by atoms with Gasteiger partial charge in [0.05, 0.1) is 27.7 Å². The molecule has 7 nitrogen and oxygen atoms in total. The Morgan fingerprint density at radius 3 is 2.62 bits per heavy atom. The highest BCUT2D eigenvalue weighted by Crippen LogP contribution is 2.30. The number of benzene rings is 2. The van der Waals surface area contributed by atoms with Crippen LogP contribution in [-0.4, -0.2) is 30.3 Å². The summed E-state index contributed by atoms with van der Waals surface area (Å²) in [4.78, 5) is 30.2. The van der Waals surface area contributed by atoms with Crippen LogP contribution in [0.3, 0.4) is 0 Å². The van der Waals surface area contributed by atoms with Gasteiger partial charge in [0.1, 0.15) is 12.0 Å². The molecule has 1 aliphatic heterocycles. The Labute approximate surface area is 200 Å². The molecule has 2 heterocycles. The number of ketones is 1. The van der Waals surface area contributed by atoms with Crippen LogP contribution < -0.4 is 21.5 Å². The first-order valence-electron chi connectivity index (χ1n) is 10.6. The van der Waals surface area contributed by atoms with Gasteiger partial charge in [-0.3, -0.25) is 19.5 Å². The average molecular weight is 480 g/mol. The lowest BCUT2D eigenvalue weighted by Gasteiger charge is -2.27. The molecule has 0 saturated carbocycles. The van der Waals surface area contributed by atoms with Crippen LogP contribution in [0.4, 0.5) is 4.39 Å². The molecule has 4 rings (SSSR count). The smallest absolute Gasteiger partial charge is 0.264 e. The normalized spacial score (nSPS) is 17.9. The maximum Gasteiger partial charge on any atom is 0.264 e. The zero-order valence-corrected chi connectivity index (χ0v) is 19.4. The van der Waals surface area contributed by atoms with Crippen LogP contribution in [0.25, 0.3) is 16.5 Å². The maximum absolute atomic E-state index is 16.0. The Bertz CT molecular complexity index is 1400. The van der Waals surface area contributed by atoms with E-state index >= 15 is 4.39 Å². The fraction of sp³-hybridized carbons (Fsp3) is 0.160. The minimum atomic E-state index is -0.777. The molecule has 0 radical (unpaired) electrons. The second kappa shape index (κ2) is 9.62. The predicted octanol–water partition coefficient (Wildman–Crippen LogP) is 3.58. The molecule has 0 fully saturated rings. The third-order valence-electron chi connectivity index (χ3n) is 5.66. The van der Waals surface area contributed by atoms with E-state index in [2.05, 4.69) is 27.7 Å². The number of aliphatic imine (C=N–C) groups is 1. The molecular weight excluding hydrogens is 457 g/mol. The average Bonchev–Trinajstić information content (AvgIpc) is 2.84. The summed E-state index contributed by atoms with van der Waals surface area (Å²) in [6.07, 6.45) is 2.39. The molecule has 1 aromatic heterocycles. The van der Waals surface area contributed by atoms with E-state index in [1.54, 1.807) is 56.4 Å². The molecule has 1 aliphatic rings. The van der Waals surface area contributed by atoms with Crippen LogP contribution in [0.2, 0.25) is 5.02 Å². The Morgan fingerprint density at radius 1 is 1.21 bits per heavy atom. The van der Waals surface area contributed by atoms with Crippen LogP contribution in [0.15, 0.2) is 82.0 Å². The number of fused-ring (bicyclic) bond motifs is 1. The first kappa shape index (κ1) is 23.4. The highest BCUT2D eigenvalue weighted by atomic mass is 35.5. The number of aromatic nitrogens is 1. The number of hydrogen-bond donors (Lipinski definition) is 3. The van der Waals surface area contributed by atoms with Gasteiger partial charge >= 0.3 is 0 Å². The molecule has 2 atom stereocenters. The van der Waals surface area contributed by atoms with E-state index in [0.717, 1.165) is 0 Å². The number of likely N-dealkylation sites (N-methyl/N-ethyl adjacent to an activating group) is 1. The lowest BCUT2D eigenvalue weighted by atomic mass is 10.0. The van der Waals surface area contributed by atoms with E-state index < -0.39 is 23.6 Å². The number of para-hydroxylation sites is 1. The number of nitrogens with one attached hydrogen (secondary N) is 3. The number of carbonyl (C=O) groups excluding carboxylic acids is 1. The number of pyridine rings is 1. The third-order valence-corrected chi connectivity index (χ3v) is 5.98. The summed E-state index contributed by atoms with van der Waals surface area (Å²) in [5.41, 5.74) is 0.387. The van der Waals surface area contributed by atoms with E-state index in [-0.39, 0.29) is 33.1 Å². The fourth-order valence-corrected chi connectivity index (χ4v) is 4.35. The number of rotatable bonds is 6. The van der Waals surface area contributed by atoms with Crippen LogP contribution in [0.1, 0.15) is 18.7 Å². The number of carbonyl (C=O) groups is 1. The van der Waals surface area contributed by atoms with Crippen molar-refractivity contribution < 1.29 is 9.18 Å². The van der Waals surface area contributed by atoms with Gasteiger partial charge in [0.25, 0.3) is 5.56 Å². The van der Waals surface area contributed by atoms with Gasteiger partial charge in [-0.1, -0.05) is 41.9 Å². The Morgan fingerprint density at radius 2 is 1.94 bits per heavy atom. The van der Waals surface area contributed by atoms with Gasteiger partial charge in [-0.15, -0.1) is 0 Å². The topological polar surface area (TPSA) is 87.5 Å². The molecule has 3 N–H and O–H groups in total. The summed E-state index contributed by atoms with van der Waals surface area (Å²) in [6.45, 7) is 5.27. The summed E-state index contributed by atoms with van der Waals surface area (Å²) in [7, 11) is 1.69. The van der Waals surface area contributed by atoms with Crippen molar-refractivity contribution in [2.75, 3.05) is 7.05 Å². The SMILES string of the molecule is C=N/C(N[C@@H](C)c1c(F)c2cccc(Cl)c2c(=O)n1-c1ccccc1)=C1/C(=O)C=CNC1NC. The largest absolute Gasteiger partial charge is 0.372 e. The predicted molar refractivity (Wildman–Crippen MR) is 133 cm³/mol. The Balaban J connectivity index is 1.95. The van der Waals surface area contributed by atoms with Gasteiger partial charge in [0.2, 0.25) is 0 Å². The van der Waals surface area contributed by atoms with Crippen LogP contribution in [0, 0.1) is 5.82 Å². The zero-order valence-electron chi connectivity index (χ0n) is 18.6. The third kappa shape index (κ3) is 4.02. The van der Waals surface area contributed by atoms with Gasteiger partial charge in [0, 0.05) is 23.3 Å². The molecule has 3 aromatic rings. The Hall–Kier alpha value is -3.75. The minimum absolute atomic E-state index is 0.0699. The minimum Gasteiger partial charge on any atom is -0.372 e. The van der Waals surface area contributed by atoms with Crippen molar-refractivity contribution >= 4 is 34.9 Å². The lowest BCUT2D eigenvalue weighted by molar-refractivity contribution is -0.112. The van der Waals surface area contributed by atoms with Crippen molar-refractivity contribution in [2.45, 2.75) is 19.1 Å². The summed E-state index contributed by atoms with van der Waals surface area (Å²) in [5.74, 6) is -0.703. The highest BCUT2D eigenvalue weighted by Gasteiger charge is 2.28. The molecule has 0 aliphatic carbocycles. The number of hydrogen-bond acceptors (Lipinski definition) is 6. The van der Waals surface area contributed by atoms with Crippen molar-refractivity contribution in [3.8, 4) is 5.69 Å². The molecule has 0 bridgehead atoms. The van der Waals surface area contributed by atoms with Crippen LogP contribution in [0.5, 0.6) is 0 Å². The van der Waals surface area contributed by atoms with Crippen molar-refractivity contribution in [3.05, 3.63) is 99.1 Å². The van der Waals surface area contributed by atoms with E-state index in [0.29, 0.717) is 11.3 Å². The first-order valence-corrected chi connectivity index (χ1v) is 11.0. The van der Waals surface area contributed by atoms with E-state index in [4.69, 9.17) is 11.6 Å². The molecule has 34 heavy (non-hydrogen) atoms. The Kier molecular flexibility index (Phi) is 6.63. The van der Waals surface area contributed by atoms with Crippen LogP contribution >= 0.6 is 11.6 Å². The maximum atomic E-state index is 16.0. The zero-order chi connectivity index (χ0) is 24.4. The standard InChI is InChI=1S/C25H23ClFN5O2/c1-14(31-24(29-3)20-18(33)12-13-30-23(20)28-2)22-21(27)16-10-7-11-17(26)19(16)25(34)32(22)15-8-5-4-6-9-15/h4-14,23,28,30-31H,3H2,1-2H3/b24-20+/t14-,23?/m0/s1. The summed E-state index contributed by atoms with van der Waals surface area (Å²) in [6, 6.07) is 12.6. The molecule has 0 amide bonds. The van der Waals surface area contributed by atoms with Gasteiger partial charge in [-0.2, -0.15) is 0 Å². The summed E-state index contributed by atoms with van der Waals surface area (Å²) in [5, 5.41) is 9.47. The van der Waals surface area contributed by atoms with Crippen LogP contribution in [-0.2, 0) is 4.79 Å². The second-order valence-corrected chi connectivity index (χ2v) is 8.12. The highest BCUT2D eigenvalue weighted by molar-refractivity contribution is 6.35. The van der Waals surface area contributed by atoms with E-state index in [9.17, 15) is 9.59 Å². The van der Waals surface area contributed by atoms with Gasteiger partial charge in [-0.05, 0) is 38.9 Å². The number of nitrogens with zero attached hydrogens (tertiary/aromatic N) is 2. The lowest BCUT2D eigenvalue weighted by Crippen LogP contribution is -2.45. The first-order chi connectivity index (χ1) is 16.4. The van der Waals surface area contributed by atoms with E-state index in [1.165, 1.54) is 22.9 Å². The molecule has 0 saturated heterocycles. The molecular formula is C25H23ClFN5O2. The number of halogens is 2. The summed E-state index contributed by atoms with van der Waals surface area (Å²) < 4.78 is 17.3. The monoisotopic (exact) mass is 479 g/mol. The summed E-state index contributed by atoms with van der Waals surface area (Å²) >= 11 is 6.30. The molecule has 2 aromatic carbocycles. The van der Waals surface area contributed by atoms with Crippen molar-refractivity contribution in [3.63, 3.8) is 0 Å². The quantitative estimate of drug-likeness (QED) is 0.371. The molecule has 174 valence electrons. The van der Waals surface area contributed by atoms with Gasteiger partial charge in [0.15, 0.2) is 11.6 Å². The molecule has 0 spiro atoms. The number of allylic oxidation sites excluding steroid dienone is 1. The van der Waals surface area contributed by atoms with Crippen molar-refractivity contribution in [1.82, 2.24) is 20.5 Å². The van der Waals surface area contributed by atoms with Crippen molar-refractivity contribution in [2.24, 2.45) is 4.99 Å².